The standard InChI is InChI=1S/C17H17ClFN5O/c1-11-6-7-20-23(11)10-17(25)21-16-8-12(2)24(22-16)9-13-14(18)4-3-5-15(13)19/h3-8H,9-10H2,1-2H3,(H,21,22,25). The van der Waals surface area contributed by atoms with Crippen molar-refractivity contribution in [1.29, 1.82) is 0 Å². The summed E-state index contributed by atoms with van der Waals surface area (Å²) in [6, 6.07) is 8.09. The van der Waals surface area contributed by atoms with Gasteiger partial charge >= 0.3 is 0 Å². The van der Waals surface area contributed by atoms with E-state index in [2.05, 4.69) is 15.5 Å². The van der Waals surface area contributed by atoms with Gasteiger partial charge in [-0.05, 0) is 32.0 Å². The molecule has 1 N–H and O–H groups in total. The van der Waals surface area contributed by atoms with Gasteiger partial charge in [0.25, 0.3) is 0 Å². The predicted octanol–water partition coefficient (Wildman–Crippen LogP) is 3.18. The number of anilines is 1. The Labute approximate surface area is 149 Å². The second-order valence-electron chi connectivity index (χ2n) is 5.71. The highest BCUT2D eigenvalue weighted by Crippen LogP contribution is 2.21. The van der Waals surface area contributed by atoms with E-state index in [1.807, 2.05) is 19.9 Å². The Morgan fingerprint density at radius 1 is 1.24 bits per heavy atom. The Balaban J connectivity index is 1.72. The van der Waals surface area contributed by atoms with Gasteiger partial charge in [-0.2, -0.15) is 10.2 Å². The molecule has 0 aliphatic heterocycles. The number of nitrogens with zero attached hydrogens (tertiary/aromatic N) is 4. The maximum absolute atomic E-state index is 13.9. The fourth-order valence-electron chi connectivity index (χ4n) is 2.45. The molecule has 130 valence electrons. The second-order valence-corrected chi connectivity index (χ2v) is 6.11. The lowest BCUT2D eigenvalue weighted by molar-refractivity contribution is -0.117. The molecule has 0 bridgehead atoms. The Morgan fingerprint density at radius 2 is 2.04 bits per heavy atom. The molecule has 1 aromatic carbocycles. The first-order chi connectivity index (χ1) is 11.9. The van der Waals surface area contributed by atoms with Gasteiger partial charge < -0.3 is 5.32 Å². The Bertz CT molecular complexity index is 897. The van der Waals surface area contributed by atoms with Gasteiger partial charge in [-0.15, -0.1) is 0 Å². The Morgan fingerprint density at radius 3 is 2.72 bits per heavy atom. The van der Waals surface area contributed by atoms with Crippen LogP contribution in [0.15, 0.2) is 36.5 Å². The minimum atomic E-state index is -0.387. The number of nitrogens with one attached hydrogen (secondary N) is 1. The number of halogens is 2. The van der Waals surface area contributed by atoms with Gasteiger partial charge in [0.05, 0.1) is 6.54 Å². The SMILES string of the molecule is Cc1ccnn1CC(=O)Nc1cc(C)n(Cc2c(F)cccc2Cl)n1. The lowest BCUT2D eigenvalue weighted by Crippen LogP contribution is -2.20. The molecule has 1 amide bonds. The van der Waals surface area contributed by atoms with Crippen LogP contribution in [0.1, 0.15) is 17.0 Å². The van der Waals surface area contributed by atoms with Crippen molar-refractivity contribution in [2.24, 2.45) is 0 Å². The molecular weight excluding hydrogens is 345 g/mol. The highest BCUT2D eigenvalue weighted by molar-refractivity contribution is 6.31. The molecule has 6 nitrogen and oxygen atoms in total. The molecule has 25 heavy (non-hydrogen) atoms. The molecule has 3 aromatic rings. The van der Waals surface area contributed by atoms with E-state index in [4.69, 9.17) is 11.6 Å². The molecule has 0 spiro atoms. The van der Waals surface area contributed by atoms with Crippen LogP contribution in [0.25, 0.3) is 0 Å². The third-order valence-electron chi connectivity index (χ3n) is 3.84. The summed E-state index contributed by atoms with van der Waals surface area (Å²) in [5.41, 5.74) is 2.04. The molecule has 0 fully saturated rings. The monoisotopic (exact) mass is 361 g/mol. The second kappa shape index (κ2) is 7.06. The van der Waals surface area contributed by atoms with Gasteiger partial charge in [-0.1, -0.05) is 17.7 Å². The van der Waals surface area contributed by atoms with Crippen LogP contribution in [0.2, 0.25) is 5.02 Å². The first-order valence-electron chi connectivity index (χ1n) is 7.69. The fraction of sp³-hybridized carbons (Fsp3) is 0.235. The van der Waals surface area contributed by atoms with E-state index < -0.39 is 0 Å². The van der Waals surface area contributed by atoms with Crippen molar-refractivity contribution in [3.05, 3.63) is 64.3 Å². The number of amides is 1. The molecule has 2 aromatic heterocycles. The minimum Gasteiger partial charge on any atom is -0.308 e. The summed E-state index contributed by atoms with van der Waals surface area (Å²) >= 11 is 6.06. The lowest BCUT2D eigenvalue weighted by Gasteiger charge is -2.08. The summed E-state index contributed by atoms with van der Waals surface area (Å²) in [6.07, 6.45) is 1.64. The van der Waals surface area contributed by atoms with E-state index in [0.29, 0.717) is 16.4 Å². The normalized spacial score (nSPS) is 10.9. The first-order valence-corrected chi connectivity index (χ1v) is 8.07. The van der Waals surface area contributed by atoms with Crippen molar-refractivity contribution in [3.8, 4) is 0 Å². The topological polar surface area (TPSA) is 64.7 Å². The van der Waals surface area contributed by atoms with Crippen LogP contribution in [-0.2, 0) is 17.9 Å². The van der Waals surface area contributed by atoms with Crippen LogP contribution in [-0.4, -0.2) is 25.5 Å². The summed E-state index contributed by atoms with van der Waals surface area (Å²) in [6.45, 7) is 3.99. The fourth-order valence-corrected chi connectivity index (χ4v) is 2.67. The molecule has 0 atom stereocenters. The van der Waals surface area contributed by atoms with Gasteiger partial charge in [-0.25, -0.2) is 4.39 Å². The van der Waals surface area contributed by atoms with E-state index in [9.17, 15) is 9.18 Å². The zero-order valence-corrected chi connectivity index (χ0v) is 14.6. The Hall–Kier alpha value is -2.67. The van der Waals surface area contributed by atoms with Crippen LogP contribution >= 0.6 is 11.6 Å². The maximum atomic E-state index is 13.9. The number of hydrogen-bond donors (Lipinski definition) is 1. The summed E-state index contributed by atoms with van der Waals surface area (Å²) in [5, 5.41) is 11.4. The number of benzene rings is 1. The molecule has 0 aliphatic carbocycles. The molecule has 0 aliphatic rings. The summed E-state index contributed by atoms with van der Waals surface area (Å²) < 4.78 is 17.1. The molecular formula is C17H17ClFN5O. The van der Waals surface area contributed by atoms with Gasteiger partial charge in [0.15, 0.2) is 5.82 Å². The van der Waals surface area contributed by atoms with Crippen molar-refractivity contribution in [1.82, 2.24) is 19.6 Å². The average Bonchev–Trinajstić information content (AvgIpc) is 3.09. The largest absolute Gasteiger partial charge is 0.308 e. The Kier molecular flexibility index (Phi) is 4.85. The number of aryl methyl sites for hydroxylation is 2. The average molecular weight is 362 g/mol. The van der Waals surface area contributed by atoms with Crippen LogP contribution in [0.5, 0.6) is 0 Å². The predicted molar refractivity (Wildman–Crippen MR) is 93.1 cm³/mol. The third-order valence-corrected chi connectivity index (χ3v) is 4.19. The lowest BCUT2D eigenvalue weighted by atomic mass is 10.2. The third kappa shape index (κ3) is 3.88. The van der Waals surface area contributed by atoms with Gasteiger partial charge in [-0.3, -0.25) is 14.2 Å². The quantitative estimate of drug-likeness (QED) is 0.759. The highest BCUT2D eigenvalue weighted by atomic mass is 35.5. The van der Waals surface area contributed by atoms with Gasteiger partial charge in [0.1, 0.15) is 12.4 Å². The van der Waals surface area contributed by atoms with Crippen LogP contribution in [0, 0.1) is 19.7 Å². The van der Waals surface area contributed by atoms with E-state index in [-0.39, 0.29) is 24.8 Å². The molecule has 0 saturated heterocycles. The summed E-state index contributed by atoms with van der Waals surface area (Å²) in [5.74, 6) is -0.220. The van der Waals surface area contributed by atoms with Crippen molar-refractivity contribution < 1.29 is 9.18 Å². The van der Waals surface area contributed by atoms with E-state index in [1.165, 1.54) is 6.07 Å². The summed E-state index contributed by atoms with van der Waals surface area (Å²) in [7, 11) is 0. The van der Waals surface area contributed by atoms with E-state index in [1.54, 1.807) is 33.8 Å². The van der Waals surface area contributed by atoms with Gasteiger partial charge in [0.2, 0.25) is 5.91 Å². The molecule has 3 rings (SSSR count). The molecule has 0 radical (unpaired) electrons. The minimum absolute atomic E-state index is 0.101. The maximum Gasteiger partial charge on any atom is 0.247 e. The molecule has 8 heteroatoms. The van der Waals surface area contributed by atoms with Gasteiger partial charge in [0, 0.05) is 34.2 Å². The van der Waals surface area contributed by atoms with E-state index >= 15 is 0 Å². The van der Waals surface area contributed by atoms with Crippen molar-refractivity contribution >= 4 is 23.3 Å². The van der Waals surface area contributed by atoms with Crippen LogP contribution in [0.3, 0.4) is 0 Å². The van der Waals surface area contributed by atoms with E-state index in [0.717, 1.165) is 11.4 Å². The zero-order chi connectivity index (χ0) is 18.0. The van der Waals surface area contributed by atoms with Crippen molar-refractivity contribution in [2.75, 3.05) is 5.32 Å². The number of hydrogen-bond acceptors (Lipinski definition) is 3. The van der Waals surface area contributed by atoms with Crippen LogP contribution < -0.4 is 5.32 Å². The molecule has 2 heterocycles. The number of rotatable bonds is 5. The smallest absolute Gasteiger partial charge is 0.247 e. The molecule has 0 saturated carbocycles. The number of carbonyl (C=O) groups is 1. The zero-order valence-electron chi connectivity index (χ0n) is 13.8. The molecule has 0 unspecified atom stereocenters. The number of aromatic nitrogens is 4. The van der Waals surface area contributed by atoms with Crippen LogP contribution in [0.4, 0.5) is 10.2 Å². The highest BCUT2D eigenvalue weighted by Gasteiger charge is 2.13. The first kappa shape index (κ1) is 17.2. The number of carbonyl (C=O) groups excluding carboxylic acids is 1. The van der Waals surface area contributed by atoms with Crippen molar-refractivity contribution in [3.63, 3.8) is 0 Å². The summed E-state index contributed by atoms with van der Waals surface area (Å²) in [4.78, 5) is 12.1. The van der Waals surface area contributed by atoms with Crippen molar-refractivity contribution in [2.45, 2.75) is 26.9 Å².